The fraction of sp³-hybridized carbons (Fsp3) is 0.235. The molecule has 3 rings (SSSR count). The van der Waals surface area contributed by atoms with Gasteiger partial charge in [-0.25, -0.2) is 4.79 Å². The number of rotatable bonds is 6. The maximum absolute atomic E-state index is 12.4. The van der Waals surface area contributed by atoms with Gasteiger partial charge in [0.2, 0.25) is 0 Å². The molecule has 4 unspecified atom stereocenters. The molecule has 0 spiro atoms. The van der Waals surface area contributed by atoms with Crippen LogP contribution in [0.4, 0.5) is 4.79 Å². The molecular formula is C17H16O5S2. The van der Waals surface area contributed by atoms with Crippen molar-refractivity contribution in [3.63, 3.8) is 0 Å². The molecule has 1 saturated heterocycles. The molecule has 7 heteroatoms. The number of carbonyl (C=O) groups is 1. The lowest BCUT2D eigenvalue weighted by Crippen LogP contribution is -2.32. The van der Waals surface area contributed by atoms with Gasteiger partial charge in [0.05, 0.1) is 33.1 Å². The van der Waals surface area contributed by atoms with Crippen LogP contribution in [0.3, 0.4) is 0 Å². The van der Waals surface area contributed by atoms with Gasteiger partial charge in [0.1, 0.15) is 0 Å². The summed E-state index contributed by atoms with van der Waals surface area (Å²) in [5, 5.41) is 0. The maximum Gasteiger partial charge on any atom is 0.509 e. The molecule has 1 fully saturated rings. The van der Waals surface area contributed by atoms with Crippen molar-refractivity contribution in [2.75, 3.05) is 11.5 Å². The molecule has 2 aromatic carbocycles. The third-order valence-electron chi connectivity index (χ3n) is 3.55. The molecule has 1 aliphatic rings. The zero-order valence-corrected chi connectivity index (χ0v) is 14.3. The summed E-state index contributed by atoms with van der Waals surface area (Å²) in [5.41, 5.74) is 0. The molecule has 1 heterocycles. The molecule has 1 aliphatic heterocycles. The van der Waals surface area contributed by atoms with E-state index in [2.05, 4.69) is 0 Å². The van der Waals surface area contributed by atoms with Crippen molar-refractivity contribution in [3.8, 4) is 0 Å². The fourth-order valence-electron chi connectivity index (χ4n) is 2.34. The predicted octanol–water partition coefficient (Wildman–Crippen LogP) is 2.51. The molecule has 4 atom stereocenters. The summed E-state index contributed by atoms with van der Waals surface area (Å²) >= 11 is 0. The van der Waals surface area contributed by atoms with Crippen molar-refractivity contribution in [3.05, 3.63) is 60.7 Å². The van der Waals surface area contributed by atoms with Gasteiger partial charge in [0.25, 0.3) is 0 Å². The van der Waals surface area contributed by atoms with Crippen LogP contribution < -0.4 is 0 Å². The third kappa shape index (κ3) is 4.10. The Morgan fingerprint density at radius 2 is 1.08 bits per heavy atom. The topological polar surface area (TPSA) is 69.7 Å². The minimum atomic E-state index is -1.32. The Morgan fingerprint density at radius 1 is 0.708 bits per heavy atom. The first-order chi connectivity index (χ1) is 11.6. The molecule has 24 heavy (non-hydrogen) atoms. The standard InChI is InChI=1S/C17H16O5S2/c18-17-21-15(11-23(19)13-7-3-1-4-8-13)16(22-17)12-24(20)14-9-5-2-6-10-14/h1-10,15-16H,11-12H2. The minimum absolute atomic E-state index is 0.117. The first-order valence-electron chi connectivity index (χ1n) is 7.37. The van der Waals surface area contributed by atoms with Crippen LogP contribution in [0.2, 0.25) is 0 Å². The van der Waals surface area contributed by atoms with E-state index in [1.807, 2.05) is 12.1 Å². The Labute approximate surface area is 144 Å². The van der Waals surface area contributed by atoms with Gasteiger partial charge in [-0.15, -0.1) is 0 Å². The number of ether oxygens (including phenoxy) is 2. The van der Waals surface area contributed by atoms with Crippen LogP contribution in [0, 0.1) is 0 Å². The average Bonchev–Trinajstić information content (AvgIpc) is 2.95. The maximum atomic E-state index is 12.4. The highest BCUT2D eigenvalue weighted by molar-refractivity contribution is 7.85. The number of carbonyl (C=O) groups excluding carboxylic acids is 1. The lowest BCUT2D eigenvalue weighted by atomic mass is 10.3. The average molecular weight is 364 g/mol. The van der Waals surface area contributed by atoms with E-state index in [-0.39, 0.29) is 11.5 Å². The Balaban J connectivity index is 1.67. The first kappa shape index (κ1) is 16.9. The normalized spacial score (nSPS) is 22.4. The summed E-state index contributed by atoms with van der Waals surface area (Å²) in [6, 6.07) is 17.9. The van der Waals surface area contributed by atoms with E-state index in [4.69, 9.17) is 9.47 Å². The SMILES string of the molecule is O=C1OC(CS(=O)c2ccccc2)C(CS(=O)c2ccccc2)O1. The Hall–Kier alpha value is -1.99. The highest BCUT2D eigenvalue weighted by Crippen LogP contribution is 2.21. The second-order valence-corrected chi connectivity index (χ2v) is 8.20. The monoisotopic (exact) mass is 364 g/mol. The fourth-order valence-corrected chi connectivity index (χ4v) is 4.81. The van der Waals surface area contributed by atoms with Crippen molar-refractivity contribution in [1.82, 2.24) is 0 Å². The van der Waals surface area contributed by atoms with E-state index < -0.39 is 40.0 Å². The smallest absolute Gasteiger partial charge is 0.426 e. The number of cyclic esters (lactones) is 2. The Morgan fingerprint density at radius 3 is 1.46 bits per heavy atom. The number of hydrogen-bond acceptors (Lipinski definition) is 5. The zero-order chi connectivity index (χ0) is 16.9. The van der Waals surface area contributed by atoms with Gasteiger partial charge in [0.15, 0.2) is 12.2 Å². The summed E-state index contributed by atoms with van der Waals surface area (Å²) in [6.07, 6.45) is -2.16. The molecule has 0 saturated carbocycles. The highest BCUT2D eigenvalue weighted by Gasteiger charge is 2.39. The van der Waals surface area contributed by atoms with Crippen molar-refractivity contribution in [2.24, 2.45) is 0 Å². The van der Waals surface area contributed by atoms with Gasteiger partial charge in [0, 0.05) is 9.79 Å². The molecule has 2 aromatic rings. The van der Waals surface area contributed by atoms with Crippen LogP contribution in [-0.2, 0) is 31.1 Å². The van der Waals surface area contributed by atoms with Crippen molar-refractivity contribution in [2.45, 2.75) is 22.0 Å². The molecule has 0 N–H and O–H groups in total. The van der Waals surface area contributed by atoms with Gasteiger partial charge in [-0.3, -0.25) is 8.42 Å². The van der Waals surface area contributed by atoms with Crippen LogP contribution in [0.15, 0.2) is 70.5 Å². The predicted molar refractivity (Wildman–Crippen MR) is 90.6 cm³/mol. The van der Waals surface area contributed by atoms with E-state index in [0.29, 0.717) is 9.79 Å². The molecule has 0 aliphatic carbocycles. The van der Waals surface area contributed by atoms with Crippen LogP contribution in [0.1, 0.15) is 0 Å². The van der Waals surface area contributed by atoms with Crippen molar-refractivity contribution in [1.29, 1.82) is 0 Å². The van der Waals surface area contributed by atoms with Crippen LogP contribution in [0.5, 0.6) is 0 Å². The van der Waals surface area contributed by atoms with Crippen molar-refractivity contribution >= 4 is 27.8 Å². The van der Waals surface area contributed by atoms with Gasteiger partial charge in [-0.2, -0.15) is 0 Å². The Kier molecular flexibility index (Phi) is 5.42. The number of benzene rings is 2. The van der Waals surface area contributed by atoms with Crippen LogP contribution in [-0.4, -0.2) is 38.3 Å². The molecule has 0 aromatic heterocycles. The van der Waals surface area contributed by atoms with Gasteiger partial charge >= 0.3 is 6.16 Å². The highest BCUT2D eigenvalue weighted by atomic mass is 32.2. The first-order valence-corrected chi connectivity index (χ1v) is 10.0. The van der Waals surface area contributed by atoms with E-state index in [0.717, 1.165) is 0 Å². The summed E-state index contributed by atoms with van der Waals surface area (Å²) in [7, 11) is -2.65. The Bertz CT molecular complexity index is 685. The summed E-state index contributed by atoms with van der Waals surface area (Å²) in [4.78, 5) is 12.8. The second-order valence-electron chi connectivity index (χ2n) is 5.21. The van der Waals surface area contributed by atoms with E-state index in [1.165, 1.54) is 0 Å². The minimum Gasteiger partial charge on any atom is -0.426 e. The number of hydrogen-bond donors (Lipinski definition) is 0. The lowest BCUT2D eigenvalue weighted by molar-refractivity contribution is 0.119. The summed E-state index contributed by atoms with van der Waals surface area (Å²) < 4.78 is 35.0. The van der Waals surface area contributed by atoms with E-state index in [1.54, 1.807) is 48.5 Å². The second kappa shape index (κ2) is 7.72. The van der Waals surface area contributed by atoms with E-state index >= 15 is 0 Å². The van der Waals surface area contributed by atoms with Gasteiger partial charge in [-0.05, 0) is 24.3 Å². The molecular weight excluding hydrogens is 348 g/mol. The van der Waals surface area contributed by atoms with Gasteiger partial charge in [-0.1, -0.05) is 36.4 Å². The molecule has 5 nitrogen and oxygen atoms in total. The quantitative estimate of drug-likeness (QED) is 0.737. The lowest BCUT2D eigenvalue weighted by Gasteiger charge is -2.15. The molecule has 126 valence electrons. The molecule has 0 radical (unpaired) electrons. The van der Waals surface area contributed by atoms with Gasteiger partial charge < -0.3 is 9.47 Å². The van der Waals surface area contributed by atoms with Crippen LogP contribution in [0.25, 0.3) is 0 Å². The summed E-state index contributed by atoms with van der Waals surface area (Å²) in [5.74, 6) is 0.235. The summed E-state index contributed by atoms with van der Waals surface area (Å²) in [6.45, 7) is 0. The van der Waals surface area contributed by atoms with E-state index in [9.17, 15) is 13.2 Å². The third-order valence-corrected chi connectivity index (χ3v) is 6.41. The largest absolute Gasteiger partial charge is 0.509 e. The zero-order valence-electron chi connectivity index (χ0n) is 12.7. The molecule has 0 amide bonds. The molecule has 0 bridgehead atoms. The van der Waals surface area contributed by atoms with Crippen LogP contribution >= 0.6 is 0 Å². The van der Waals surface area contributed by atoms with Crippen molar-refractivity contribution < 1.29 is 22.7 Å².